The van der Waals surface area contributed by atoms with E-state index in [1.807, 2.05) is 12.1 Å². The summed E-state index contributed by atoms with van der Waals surface area (Å²) in [4.78, 5) is 11.2. The quantitative estimate of drug-likeness (QED) is 0.352. The fraction of sp³-hybridized carbons (Fsp3) is 0.476. The first-order chi connectivity index (χ1) is 12.9. The molecule has 0 amide bonds. The molecule has 0 radical (unpaired) electrons. The number of thiocarbonyl (C=S) groups is 1. The Bertz CT molecular complexity index is 863. The lowest BCUT2D eigenvalue weighted by atomic mass is 9.57. The van der Waals surface area contributed by atoms with Crippen LogP contribution in [0.4, 0.5) is 0 Å². The van der Waals surface area contributed by atoms with Crippen LogP contribution >= 0.6 is 12.2 Å². The highest BCUT2D eigenvalue weighted by Gasteiger charge is 2.52. The number of hydrogen-bond acceptors (Lipinski definition) is 4. The van der Waals surface area contributed by atoms with Crippen LogP contribution in [0.1, 0.15) is 56.6 Å². The molecule has 4 unspecified atom stereocenters. The van der Waals surface area contributed by atoms with Crippen LogP contribution in [0, 0.1) is 17.3 Å². The van der Waals surface area contributed by atoms with E-state index >= 15 is 0 Å². The zero-order valence-corrected chi connectivity index (χ0v) is 16.5. The topological polar surface area (TPSA) is 76.7 Å². The van der Waals surface area contributed by atoms with Crippen LogP contribution < -0.4 is 15.9 Å². The standard InChI is InChI=1S/C21H25N3O2S/c1-12(25)26-14-4-6-15-13(11-14)3-5-17-16(15)9-10-21(2)18(17)7-8-19(21)23-24-20(22)27/h3-6,11,16-18H,7-10H2,1-2H3,(H3,22,24,27). The van der Waals surface area contributed by atoms with Gasteiger partial charge in [-0.25, -0.2) is 0 Å². The number of benzene rings is 1. The number of rotatable bonds is 2. The lowest BCUT2D eigenvalue weighted by molar-refractivity contribution is -0.131. The van der Waals surface area contributed by atoms with Crippen LogP contribution in [0.2, 0.25) is 0 Å². The number of hydrogen-bond donors (Lipinski definition) is 2. The van der Waals surface area contributed by atoms with Crippen LogP contribution in [0.3, 0.4) is 0 Å². The van der Waals surface area contributed by atoms with Gasteiger partial charge >= 0.3 is 5.97 Å². The summed E-state index contributed by atoms with van der Waals surface area (Å²) < 4.78 is 5.25. The van der Waals surface area contributed by atoms with Crippen molar-refractivity contribution in [3.63, 3.8) is 0 Å². The van der Waals surface area contributed by atoms with Crippen LogP contribution in [-0.2, 0) is 4.79 Å². The third-order valence-corrected chi connectivity index (χ3v) is 6.68. The van der Waals surface area contributed by atoms with Crippen molar-refractivity contribution in [1.29, 1.82) is 0 Å². The molecule has 27 heavy (non-hydrogen) atoms. The summed E-state index contributed by atoms with van der Waals surface area (Å²) in [6.07, 6.45) is 8.91. The third-order valence-electron chi connectivity index (χ3n) is 6.59. The third kappa shape index (κ3) is 3.16. The molecule has 3 aliphatic rings. The van der Waals surface area contributed by atoms with Gasteiger partial charge in [-0.15, -0.1) is 0 Å². The van der Waals surface area contributed by atoms with E-state index in [0.717, 1.165) is 25.7 Å². The number of nitrogens with two attached hydrogens (primary N) is 1. The van der Waals surface area contributed by atoms with Crippen molar-refractivity contribution in [3.8, 4) is 5.75 Å². The summed E-state index contributed by atoms with van der Waals surface area (Å²) in [7, 11) is 0. The fourth-order valence-corrected chi connectivity index (χ4v) is 5.45. The zero-order chi connectivity index (χ0) is 19.2. The highest BCUT2D eigenvalue weighted by Crippen LogP contribution is 2.59. The van der Waals surface area contributed by atoms with Gasteiger partial charge in [0.25, 0.3) is 0 Å². The number of hydrazone groups is 1. The maximum atomic E-state index is 11.2. The molecule has 2 fully saturated rings. The maximum Gasteiger partial charge on any atom is 0.308 e. The van der Waals surface area contributed by atoms with Crippen molar-refractivity contribution < 1.29 is 9.53 Å². The van der Waals surface area contributed by atoms with Gasteiger partial charge in [0.05, 0.1) is 0 Å². The molecule has 0 saturated heterocycles. The van der Waals surface area contributed by atoms with E-state index in [0.29, 0.717) is 23.5 Å². The number of esters is 1. The first kappa shape index (κ1) is 18.2. The summed E-state index contributed by atoms with van der Waals surface area (Å²) in [6.45, 7) is 3.77. The Morgan fingerprint density at radius 3 is 2.96 bits per heavy atom. The molecule has 3 aliphatic carbocycles. The van der Waals surface area contributed by atoms with Crippen LogP contribution in [0.25, 0.3) is 6.08 Å². The molecule has 0 spiro atoms. The van der Waals surface area contributed by atoms with Gasteiger partial charge in [0, 0.05) is 18.1 Å². The van der Waals surface area contributed by atoms with E-state index in [1.54, 1.807) is 0 Å². The van der Waals surface area contributed by atoms with E-state index in [2.05, 4.69) is 35.7 Å². The van der Waals surface area contributed by atoms with Crippen molar-refractivity contribution >= 4 is 35.1 Å². The monoisotopic (exact) mass is 383 g/mol. The molecule has 3 N–H and O–H groups in total. The van der Waals surface area contributed by atoms with Gasteiger partial charge in [0.1, 0.15) is 5.75 Å². The number of allylic oxidation sites excluding steroid dienone is 1. The first-order valence-corrected chi connectivity index (χ1v) is 9.92. The van der Waals surface area contributed by atoms with Gasteiger partial charge in [-0.05, 0) is 78.9 Å². The maximum absolute atomic E-state index is 11.2. The Hall–Kier alpha value is -2.21. The van der Waals surface area contributed by atoms with Gasteiger partial charge < -0.3 is 10.5 Å². The second-order valence-electron chi connectivity index (χ2n) is 8.06. The second-order valence-corrected chi connectivity index (χ2v) is 8.50. The van der Waals surface area contributed by atoms with E-state index in [9.17, 15) is 4.79 Å². The minimum atomic E-state index is -0.288. The minimum absolute atomic E-state index is 0.0957. The number of carbonyl (C=O) groups is 1. The molecule has 1 aromatic carbocycles. The second kappa shape index (κ2) is 6.75. The number of nitrogens with zero attached hydrogens (tertiary/aromatic N) is 1. The van der Waals surface area contributed by atoms with Crippen molar-refractivity contribution in [2.45, 2.75) is 45.4 Å². The Morgan fingerprint density at radius 2 is 2.22 bits per heavy atom. The van der Waals surface area contributed by atoms with Gasteiger partial charge in [-0.3, -0.25) is 10.2 Å². The Balaban J connectivity index is 1.61. The summed E-state index contributed by atoms with van der Waals surface area (Å²) in [5, 5.41) is 4.75. The molecule has 0 bridgehead atoms. The van der Waals surface area contributed by atoms with Crippen LogP contribution in [0.15, 0.2) is 29.4 Å². The Labute approximate surface area is 165 Å². The molecule has 1 aromatic rings. The average molecular weight is 384 g/mol. The van der Waals surface area contributed by atoms with Gasteiger partial charge in [0.2, 0.25) is 0 Å². The average Bonchev–Trinajstić information content (AvgIpc) is 2.95. The molecular weight excluding hydrogens is 358 g/mol. The molecule has 0 aliphatic heterocycles. The van der Waals surface area contributed by atoms with Crippen molar-refractivity contribution in [2.24, 2.45) is 28.1 Å². The summed E-state index contributed by atoms with van der Waals surface area (Å²) >= 11 is 4.90. The molecule has 5 nitrogen and oxygen atoms in total. The van der Waals surface area contributed by atoms with Crippen LogP contribution in [0.5, 0.6) is 5.75 Å². The molecule has 2 saturated carbocycles. The number of fused-ring (bicyclic) bond motifs is 5. The van der Waals surface area contributed by atoms with E-state index < -0.39 is 0 Å². The Morgan fingerprint density at radius 1 is 1.41 bits per heavy atom. The molecule has 6 heteroatoms. The summed E-state index contributed by atoms with van der Waals surface area (Å²) in [5.41, 5.74) is 12.2. The summed E-state index contributed by atoms with van der Waals surface area (Å²) in [6, 6.07) is 6.03. The predicted molar refractivity (Wildman–Crippen MR) is 110 cm³/mol. The van der Waals surface area contributed by atoms with Gasteiger partial charge in [0.15, 0.2) is 5.11 Å². The normalized spacial score (nSPS) is 32.4. The van der Waals surface area contributed by atoms with Crippen molar-refractivity contribution in [1.82, 2.24) is 5.43 Å². The number of carbonyl (C=O) groups excluding carboxylic acids is 1. The molecular formula is C21H25N3O2S. The molecule has 142 valence electrons. The number of ether oxygens (including phenoxy) is 1. The molecule has 0 aromatic heterocycles. The lowest BCUT2D eigenvalue weighted by Crippen LogP contribution is -2.41. The minimum Gasteiger partial charge on any atom is -0.427 e. The fourth-order valence-electron chi connectivity index (χ4n) is 5.40. The van der Waals surface area contributed by atoms with E-state index in [1.165, 1.54) is 23.8 Å². The first-order valence-electron chi connectivity index (χ1n) is 9.51. The van der Waals surface area contributed by atoms with Crippen LogP contribution in [-0.4, -0.2) is 16.8 Å². The number of nitrogens with one attached hydrogen (secondary N) is 1. The van der Waals surface area contributed by atoms with E-state index in [4.69, 9.17) is 22.7 Å². The SMILES string of the molecule is CC(=O)Oc1ccc2c(c1)C=CC1C2CCC2(C)C(=NNC(N)=S)CCC12. The highest BCUT2D eigenvalue weighted by atomic mass is 32.1. The van der Waals surface area contributed by atoms with E-state index in [-0.39, 0.29) is 16.5 Å². The smallest absolute Gasteiger partial charge is 0.308 e. The summed E-state index contributed by atoms with van der Waals surface area (Å²) in [5.74, 6) is 1.92. The lowest BCUT2D eigenvalue weighted by Gasteiger charge is -2.47. The van der Waals surface area contributed by atoms with Crippen molar-refractivity contribution in [2.75, 3.05) is 0 Å². The van der Waals surface area contributed by atoms with Crippen molar-refractivity contribution in [3.05, 3.63) is 35.4 Å². The molecule has 0 heterocycles. The largest absolute Gasteiger partial charge is 0.427 e. The van der Waals surface area contributed by atoms with Gasteiger partial charge in [-0.2, -0.15) is 5.10 Å². The zero-order valence-electron chi connectivity index (χ0n) is 15.7. The Kier molecular flexibility index (Phi) is 4.54. The molecule has 4 rings (SSSR count). The van der Waals surface area contributed by atoms with Gasteiger partial charge in [-0.1, -0.05) is 25.1 Å². The molecule has 4 atom stereocenters. The predicted octanol–water partition coefficient (Wildman–Crippen LogP) is 3.74. The highest BCUT2D eigenvalue weighted by molar-refractivity contribution is 7.80.